The lowest BCUT2D eigenvalue weighted by Gasteiger charge is -2.34. The van der Waals surface area contributed by atoms with Crippen LogP contribution >= 0.6 is 0 Å². The van der Waals surface area contributed by atoms with Crippen LogP contribution in [0.5, 0.6) is 0 Å². The van der Waals surface area contributed by atoms with Gasteiger partial charge in [0.2, 0.25) is 5.91 Å². The molecule has 1 heterocycles. The van der Waals surface area contributed by atoms with Gasteiger partial charge in [-0.25, -0.2) is 0 Å². The van der Waals surface area contributed by atoms with Crippen LogP contribution in [-0.4, -0.2) is 36.1 Å². The summed E-state index contributed by atoms with van der Waals surface area (Å²) in [4.78, 5) is 14.1. The van der Waals surface area contributed by atoms with Crippen molar-refractivity contribution in [1.29, 1.82) is 0 Å². The zero-order valence-electron chi connectivity index (χ0n) is 14.3. The zero-order valence-corrected chi connectivity index (χ0v) is 14.3. The number of hydrogen-bond acceptors (Lipinski definition) is 2. The Labute approximate surface area is 134 Å². The first-order valence-electron chi connectivity index (χ1n) is 7.98. The molecule has 1 saturated heterocycles. The van der Waals surface area contributed by atoms with Gasteiger partial charge in [0.05, 0.1) is 12.2 Å². The summed E-state index contributed by atoms with van der Waals surface area (Å²) >= 11 is 0. The van der Waals surface area contributed by atoms with Gasteiger partial charge in [-0.15, -0.1) is 0 Å². The number of hydrogen-bond donors (Lipinski definition) is 0. The first-order valence-corrected chi connectivity index (χ1v) is 7.98. The molecule has 1 aliphatic heterocycles. The summed E-state index contributed by atoms with van der Waals surface area (Å²) < 4.78 is 5.66. The van der Waals surface area contributed by atoms with Gasteiger partial charge in [-0.05, 0) is 36.5 Å². The van der Waals surface area contributed by atoms with Crippen LogP contribution in [0.25, 0.3) is 6.08 Å². The predicted octanol–water partition coefficient (Wildman–Crippen LogP) is 3.63. The molecule has 0 saturated carbocycles. The molecule has 0 bridgehead atoms. The molecule has 3 nitrogen and oxygen atoms in total. The molecule has 0 aromatic heterocycles. The van der Waals surface area contributed by atoms with Gasteiger partial charge in [0, 0.05) is 19.2 Å². The Hall–Kier alpha value is -1.61. The summed E-state index contributed by atoms with van der Waals surface area (Å²) in [6.07, 6.45) is 3.76. The molecule has 1 fully saturated rings. The van der Waals surface area contributed by atoms with Gasteiger partial charge in [-0.3, -0.25) is 4.79 Å². The average Bonchev–Trinajstić information content (AvgIpc) is 2.43. The monoisotopic (exact) mass is 301 g/mol. The topological polar surface area (TPSA) is 29.5 Å². The Kier molecular flexibility index (Phi) is 5.07. The largest absolute Gasteiger partial charge is 0.372 e. The van der Waals surface area contributed by atoms with Gasteiger partial charge in [-0.2, -0.15) is 0 Å². The molecule has 22 heavy (non-hydrogen) atoms. The summed E-state index contributed by atoms with van der Waals surface area (Å²) in [7, 11) is 0. The number of carbonyl (C=O) groups is 1. The number of ether oxygens (including phenoxy) is 1. The Bertz CT molecular complexity index is 530. The maximum atomic E-state index is 12.3. The van der Waals surface area contributed by atoms with E-state index in [0.29, 0.717) is 13.1 Å². The zero-order chi connectivity index (χ0) is 16.3. The van der Waals surface area contributed by atoms with Gasteiger partial charge in [-0.1, -0.05) is 45.0 Å². The second kappa shape index (κ2) is 6.66. The Morgan fingerprint density at radius 1 is 1.14 bits per heavy atom. The number of rotatable bonds is 2. The summed E-state index contributed by atoms with van der Waals surface area (Å²) in [5.41, 5.74) is 2.50. The van der Waals surface area contributed by atoms with E-state index >= 15 is 0 Å². The number of nitrogens with zero attached hydrogens (tertiary/aromatic N) is 1. The van der Waals surface area contributed by atoms with Crippen molar-refractivity contribution in [2.24, 2.45) is 0 Å². The van der Waals surface area contributed by atoms with E-state index in [1.807, 2.05) is 24.8 Å². The lowest BCUT2D eigenvalue weighted by molar-refractivity contribution is -0.137. The van der Waals surface area contributed by atoms with Crippen LogP contribution in [0.2, 0.25) is 0 Å². The van der Waals surface area contributed by atoms with Crippen molar-refractivity contribution in [2.75, 3.05) is 13.1 Å². The minimum absolute atomic E-state index is 0.0573. The van der Waals surface area contributed by atoms with Gasteiger partial charge in [0.15, 0.2) is 0 Å². The van der Waals surface area contributed by atoms with Crippen LogP contribution in [-0.2, 0) is 14.9 Å². The number of amides is 1. The number of carbonyl (C=O) groups excluding carboxylic acids is 1. The van der Waals surface area contributed by atoms with E-state index in [1.165, 1.54) is 5.56 Å². The molecular weight excluding hydrogens is 274 g/mol. The van der Waals surface area contributed by atoms with Crippen molar-refractivity contribution in [3.05, 3.63) is 41.5 Å². The molecule has 0 aliphatic carbocycles. The summed E-state index contributed by atoms with van der Waals surface area (Å²) in [5.74, 6) is 0.0573. The average molecular weight is 301 g/mol. The maximum Gasteiger partial charge on any atom is 0.246 e. The van der Waals surface area contributed by atoms with Crippen molar-refractivity contribution < 1.29 is 9.53 Å². The van der Waals surface area contributed by atoms with Crippen molar-refractivity contribution in [3.63, 3.8) is 0 Å². The molecule has 2 atom stereocenters. The third-order valence-corrected chi connectivity index (χ3v) is 3.93. The highest BCUT2D eigenvalue weighted by atomic mass is 16.5. The second-order valence-corrected chi connectivity index (χ2v) is 7.21. The highest BCUT2D eigenvalue weighted by Gasteiger charge is 2.24. The van der Waals surface area contributed by atoms with E-state index in [9.17, 15) is 4.79 Å². The molecule has 1 aromatic rings. The molecule has 0 N–H and O–H groups in total. The van der Waals surface area contributed by atoms with E-state index in [1.54, 1.807) is 6.08 Å². The molecule has 0 spiro atoms. The van der Waals surface area contributed by atoms with E-state index in [0.717, 1.165) is 5.56 Å². The van der Waals surface area contributed by atoms with Gasteiger partial charge in [0.25, 0.3) is 0 Å². The van der Waals surface area contributed by atoms with Crippen LogP contribution in [0, 0.1) is 0 Å². The summed E-state index contributed by atoms with van der Waals surface area (Å²) in [6, 6.07) is 8.38. The first kappa shape index (κ1) is 16.8. The van der Waals surface area contributed by atoms with Crippen LogP contribution in [0.4, 0.5) is 0 Å². The van der Waals surface area contributed by atoms with Gasteiger partial charge in [0.1, 0.15) is 0 Å². The van der Waals surface area contributed by atoms with Crippen molar-refractivity contribution in [2.45, 2.75) is 52.2 Å². The van der Waals surface area contributed by atoms with E-state index in [-0.39, 0.29) is 23.5 Å². The number of morpholine rings is 1. The fourth-order valence-electron chi connectivity index (χ4n) is 2.72. The maximum absolute atomic E-state index is 12.3. The second-order valence-electron chi connectivity index (χ2n) is 7.21. The lowest BCUT2D eigenvalue weighted by atomic mass is 9.87. The van der Waals surface area contributed by atoms with Gasteiger partial charge < -0.3 is 9.64 Å². The van der Waals surface area contributed by atoms with E-state index in [4.69, 9.17) is 4.74 Å². The standard InChI is InChI=1S/C19H27NO2/c1-14-12-20(13-15(2)22-14)18(21)11-8-16-6-9-17(10-7-16)19(3,4)5/h6-11,14-15H,12-13H2,1-5H3/b11-8+. The van der Waals surface area contributed by atoms with Crippen molar-refractivity contribution in [3.8, 4) is 0 Å². The SMILES string of the molecule is CC1CN(C(=O)/C=C/c2ccc(C(C)(C)C)cc2)CC(C)O1. The first-order chi connectivity index (χ1) is 10.3. The fourth-order valence-corrected chi connectivity index (χ4v) is 2.72. The lowest BCUT2D eigenvalue weighted by Crippen LogP contribution is -2.47. The predicted molar refractivity (Wildman–Crippen MR) is 90.8 cm³/mol. The third kappa shape index (κ3) is 4.44. The summed E-state index contributed by atoms with van der Waals surface area (Å²) in [5, 5.41) is 0. The molecule has 2 rings (SSSR count). The molecule has 2 unspecified atom stereocenters. The van der Waals surface area contributed by atoms with E-state index < -0.39 is 0 Å². The minimum atomic E-state index is 0.0573. The van der Waals surface area contributed by atoms with Crippen molar-refractivity contribution in [1.82, 2.24) is 4.90 Å². The van der Waals surface area contributed by atoms with Gasteiger partial charge >= 0.3 is 0 Å². The number of benzene rings is 1. The highest BCUT2D eigenvalue weighted by molar-refractivity contribution is 5.91. The van der Waals surface area contributed by atoms with Crippen LogP contribution < -0.4 is 0 Å². The smallest absolute Gasteiger partial charge is 0.246 e. The normalized spacial score (nSPS) is 23.0. The molecule has 0 radical (unpaired) electrons. The molecule has 1 aliphatic rings. The Morgan fingerprint density at radius 2 is 1.68 bits per heavy atom. The van der Waals surface area contributed by atoms with Crippen LogP contribution in [0.3, 0.4) is 0 Å². The quantitative estimate of drug-likeness (QED) is 0.781. The summed E-state index contributed by atoms with van der Waals surface area (Å²) in [6.45, 7) is 11.9. The molecule has 1 aromatic carbocycles. The molecule has 120 valence electrons. The molecular formula is C19H27NO2. The van der Waals surface area contributed by atoms with Crippen LogP contribution in [0.1, 0.15) is 45.7 Å². The molecule has 1 amide bonds. The van der Waals surface area contributed by atoms with Crippen LogP contribution in [0.15, 0.2) is 30.3 Å². The fraction of sp³-hybridized carbons (Fsp3) is 0.526. The third-order valence-electron chi connectivity index (χ3n) is 3.93. The van der Waals surface area contributed by atoms with Crippen molar-refractivity contribution >= 4 is 12.0 Å². The molecule has 3 heteroatoms. The van der Waals surface area contributed by atoms with E-state index in [2.05, 4.69) is 45.0 Å². The Balaban J connectivity index is 2.00. The Morgan fingerprint density at radius 3 is 2.18 bits per heavy atom. The highest BCUT2D eigenvalue weighted by Crippen LogP contribution is 2.22. The minimum Gasteiger partial charge on any atom is -0.372 e.